The van der Waals surface area contributed by atoms with Gasteiger partial charge >= 0.3 is 0 Å². The molecule has 0 atom stereocenters. The molecule has 0 amide bonds. The van der Waals surface area contributed by atoms with E-state index in [1.807, 2.05) is 0 Å². The lowest BCUT2D eigenvalue weighted by Crippen LogP contribution is -2.01. The van der Waals surface area contributed by atoms with Crippen molar-refractivity contribution in [1.82, 2.24) is 15.0 Å². The lowest BCUT2D eigenvalue weighted by molar-refractivity contribution is 0.673. The molecule has 274 valence electrons. The highest BCUT2D eigenvalue weighted by Gasteiger charge is 2.19. The molecule has 0 bridgehead atoms. The molecule has 4 heteroatoms. The lowest BCUT2D eigenvalue weighted by Gasteiger charge is -2.13. The van der Waals surface area contributed by atoms with Crippen molar-refractivity contribution in [3.8, 4) is 56.4 Å². The summed E-state index contributed by atoms with van der Waals surface area (Å²) in [4.78, 5) is 15.5. The Balaban J connectivity index is 1.02. The minimum absolute atomic E-state index is 0.628. The van der Waals surface area contributed by atoms with E-state index in [0.29, 0.717) is 17.5 Å². The number of rotatable bonds is 5. The molecule has 59 heavy (non-hydrogen) atoms. The van der Waals surface area contributed by atoms with Crippen molar-refractivity contribution >= 4 is 65.0 Å². The molecular weight excluding hydrogens is 719 g/mol. The topological polar surface area (TPSA) is 51.8 Å². The molecule has 0 fully saturated rings. The Hall–Kier alpha value is -7.95. The van der Waals surface area contributed by atoms with E-state index < -0.39 is 0 Å². The number of fused-ring (bicyclic) bond motifs is 8. The van der Waals surface area contributed by atoms with E-state index in [9.17, 15) is 0 Å². The van der Waals surface area contributed by atoms with Crippen molar-refractivity contribution in [2.45, 2.75) is 0 Å². The maximum atomic E-state index is 6.76. The molecule has 2 heterocycles. The Kier molecular flexibility index (Phi) is 7.50. The van der Waals surface area contributed by atoms with Crippen LogP contribution in [0.1, 0.15) is 0 Å². The summed E-state index contributed by atoms with van der Waals surface area (Å²) >= 11 is 0. The molecular formula is C55H33N3O. The lowest BCUT2D eigenvalue weighted by atomic mass is 9.93. The second-order valence-electron chi connectivity index (χ2n) is 15.2. The number of aromatic nitrogens is 3. The summed E-state index contributed by atoms with van der Waals surface area (Å²) in [6.45, 7) is 0. The fourth-order valence-electron chi connectivity index (χ4n) is 8.78. The van der Waals surface area contributed by atoms with Gasteiger partial charge in [0.15, 0.2) is 17.5 Å². The summed E-state index contributed by atoms with van der Waals surface area (Å²) in [6, 6.07) is 70.5. The minimum atomic E-state index is 0.628. The van der Waals surface area contributed by atoms with Crippen molar-refractivity contribution in [3.05, 3.63) is 200 Å². The summed E-state index contributed by atoms with van der Waals surface area (Å²) in [5.74, 6) is 1.90. The zero-order valence-electron chi connectivity index (χ0n) is 31.8. The van der Waals surface area contributed by atoms with Gasteiger partial charge in [-0.2, -0.15) is 0 Å². The molecule has 0 aliphatic rings. The summed E-state index contributed by atoms with van der Waals surface area (Å²) in [7, 11) is 0. The highest BCUT2D eigenvalue weighted by atomic mass is 16.3. The van der Waals surface area contributed by atoms with Crippen molar-refractivity contribution in [3.63, 3.8) is 0 Å². The zero-order valence-corrected chi connectivity index (χ0v) is 31.8. The van der Waals surface area contributed by atoms with Gasteiger partial charge in [0, 0.05) is 32.8 Å². The number of nitrogens with zero attached hydrogens (tertiary/aromatic N) is 3. The first kappa shape index (κ1) is 33.2. The van der Waals surface area contributed by atoms with E-state index in [2.05, 4.69) is 200 Å². The van der Waals surface area contributed by atoms with E-state index in [-0.39, 0.29) is 0 Å². The van der Waals surface area contributed by atoms with E-state index >= 15 is 0 Å². The summed E-state index contributed by atoms with van der Waals surface area (Å²) in [5, 5.41) is 11.3. The number of hydrogen-bond acceptors (Lipinski definition) is 4. The third kappa shape index (κ3) is 5.57. The van der Waals surface area contributed by atoms with E-state index in [0.717, 1.165) is 76.7 Å². The van der Waals surface area contributed by atoms with Crippen LogP contribution in [0.25, 0.3) is 121 Å². The molecule has 0 aliphatic carbocycles. The average molecular weight is 752 g/mol. The van der Waals surface area contributed by atoms with Crippen LogP contribution in [0.3, 0.4) is 0 Å². The summed E-state index contributed by atoms with van der Waals surface area (Å²) in [5.41, 5.74) is 9.18. The maximum absolute atomic E-state index is 6.76. The molecule has 0 aliphatic heterocycles. The van der Waals surface area contributed by atoms with Gasteiger partial charge < -0.3 is 4.42 Å². The first-order valence-electron chi connectivity index (χ1n) is 19.9. The molecule has 2 aromatic heterocycles. The Morgan fingerprint density at radius 1 is 0.271 bits per heavy atom. The van der Waals surface area contributed by atoms with E-state index in [1.54, 1.807) is 0 Å². The second-order valence-corrected chi connectivity index (χ2v) is 15.2. The predicted octanol–water partition coefficient (Wildman–Crippen LogP) is 14.7. The van der Waals surface area contributed by atoms with Gasteiger partial charge in [0.05, 0.1) is 0 Å². The average Bonchev–Trinajstić information content (AvgIpc) is 3.69. The van der Waals surface area contributed by atoms with Gasteiger partial charge in [0.25, 0.3) is 0 Å². The largest absolute Gasteiger partial charge is 0.455 e. The second kappa shape index (κ2) is 13.3. The SMILES string of the molecule is c1ccc(-c2cc3c4ccc(-c5ccc(-c6nc(-c7ccc8ccccc8c7)nc(-c7ccc8ccccc8c7)n6)c6ccccc56)cc4oc3c3ccccc23)cc1. The summed E-state index contributed by atoms with van der Waals surface area (Å²) < 4.78 is 6.76. The molecule has 0 radical (unpaired) electrons. The smallest absolute Gasteiger partial charge is 0.164 e. The van der Waals surface area contributed by atoms with Gasteiger partial charge in [-0.25, -0.2) is 15.0 Å². The van der Waals surface area contributed by atoms with Gasteiger partial charge in [-0.05, 0) is 96.4 Å². The molecule has 4 nitrogen and oxygen atoms in total. The summed E-state index contributed by atoms with van der Waals surface area (Å²) in [6.07, 6.45) is 0. The van der Waals surface area contributed by atoms with Gasteiger partial charge in [-0.3, -0.25) is 0 Å². The Labute approximate surface area is 339 Å². The van der Waals surface area contributed by atoms with Crippen LogP contribution in [0.2, 0.25) is 0 Å². The normalized spacial score (nSPS) is 11.7. The highest BCUT2D eigenvalue weighted by Crippen LogP contribution is 2.42. The molecule has 0 spiro atoms. The first-order chi connectivity index (χ1) is 29.2. The van der Waals surface area contributed by atoms with Gasteiger partial charge in [0.2, 0.25) is 0 Å². The van der Waals surface area contributed by atoms with Gasteiger partial charge in [-0.15, -0.1) is 0 Å². The van der Waals surface area contributed by atoms with Crippen LogP contribution in [0.4, 0.5) is 0 Å². The van der Waals surface area contributed by atoms with Crippen molar-refractivity contribution < 1.29 is 4.42 Å². The molecule has 0 saturated carbocycles. The molecule has 10 aromatic carbocycles. The van der Waals surface area contributed by atoms with Crippen molar-refractivity contribution in [2.75, 3.05) is 0 Å². The van der Waals surface area contributed by atoms with E-state index in [4.69, 9.17) is 19.4 Å². The van der Waals surface area contributed by atoms with Crippen LogP contribution in [0.15, 0.2) is 205 Å². The maximum Gasteiger partial charge on any atom is 0.164 e. The van der Waals surface area contributed by atoms with Crippen molar-refractivity contribution in [1.29, 1.82) is 0 Å². The van der Waals surface area contributed by atoms with Gasteiger partial charge in [0.1, 0.15) is 11.2 Å². The van der Waals surface area contributed by atoms with Crippen molar-refractivity contribution in [2.24, 2.45) is 0 Å². The van der Waals surface area contributed by atoms with Crippen LogP contribution < -0.4 is 0 Å². The van der Waals surface area contributed by atoms with Crippen LogP contribution in [-0.4, -0.2) is 15.0 Å². The Morgan fingerprint density at radius 3 is 1.44 bits per heavy atom. The standard InChI is InChI=1S/C55H33N3O/c1-2-14-36(15-3-1)49-33-50-46-27-26-39(32-51(46)59-52(50)47-21-11-10-20-45(47)49)42-28-29-48(44-19-9-8-18-43(42)44)55-57-53(40-24-22-34-12-4-6-16-37(34)30-40)56-54(58-55)41-25-23-35-13-5-7-17-38(35)31-41/h1-33H. The number of furan rings is 1. The monoisotopic (exact) mass is 751 g/mol. The quantitative estimate of drug-likeness (QED) is 0.176. The molecule has 0 unspecified atom stereocenters. The molecule has 0 saturated heterocycles. The molecule has 0 N–H and O–H groups in total. The number of hydrogen-bond donors (Lipinski definition) is 0. The zero-order chi connectivity index (χ0) is 38.9. The third-order valence-electron chi connectivity index (χ3n) is 11.7. The molecule has 12 rings (SSSR count). The number of benzene rings is 10. The highest BCUT2D eigenvalue weighted by molar-refractivity contribution is 6.19. The fourth-order valence-corrected chi connectivity index (χ4v) is 8.78. The first-order valence-corrected chi connectivity index (χ1v) is 19.9. The third-order valence-corrected chi connectivity index (χ3v) is 11.7. The Morgan fingerprint density at radius 2 is 0.780 bits per heavy atom. The van der Waals surface area contributed by atoms with Gasteiger partial charge in [-0.1, -0.05) is 164 Å². The fraction of sp³-hybridized carbons (Fsp3) is 0. The predicted molar refractivity (Wildman–Crippen MR) is 244 cm³/mol. The minimum Gasteiger partial charge on any atom is -0.455 e. The van der Waals surface area contributed by atoms with E-state index in [1.165, 1.54) is 27.3 Å². The van der Waals surface area contributed by atoms with Crippen LogP contribution in [-0.2, 0) is 0 Å². The van der Waals surface area contributed by atoms with Crippen LogP contribution >= 0.6 is 0 Å². The molecule has 12 aromatic rings. The Bertz CT molecular complexity index is 3530. The van der Waals surface area contributed by atoms with Crippen LogP contribution in [0.5, 0.6) is 0 Å². The van der Waals surface area contributed by atoms with Crippen LogP contribution in [0, 0.1) is 0 Å².